The van der Waals surface area contributed by atoms with E-state index >= 15 is 0 Å². The molecular weight excluding hydrogens is 407 g/mol. The number of fused-ring (bicyclic) bond motifs is 1. The molecule has 0 aliphatic carbocycles. The lowest BCUT2D eigenvalue weighted by Crippen LogP contribution is -2.03. The quantitative estimate of drug-likeness (QED) is 0.458. The van der Waals surface area contributed by atoms with Crippen molar-refractivity contribution >= 4 is 21.0 Å². The average Bonchev–Trinajstić information content (AvgIpc) is 3.19. The van der Waals surface area contributed by atoms with E-state index in [9.17, 15) is 12.8 Å². The Morgan fingerprint density at radius 3 is 2.73 bits per heavy atom. The third kappa shape index (κ3) is 3.63. The number of hydrogen-bond donors (Lipinski definition) is 0. The SMILES string of the molecule is CCn1cnc2c(-c3ccc(F)c(Oc4cccc(S(=O)(=O)CC)c4)c3)cnnc21. The Labute approximate surface area is 173 Å². The number of benzene rings is 2. The van der Waals surface area contributed by atoms with Gasteiger partial charge in [0.1, 0.15) is 11.3 Å². The fourth-order valence-corrected chi connectivity index (χ4v) is 4.00. The molecule has 0 atom stereocenters. The number of sulfone groups is 1. The Kier molecular flexibility index (Phi) is 5.21. The number of hydrogen-bond acceptors (Lipinski definition) is 6. The van der Waals surface area contributed by atoms with E-state index in [0.29, 0.717) is 28.8 Å². The zero-order valence-corrected chi connectivity index (χ0v) is 17.2. The van der Waals surface area contributed by atoms with Gasteiger partial charge in [0, 0.05) is 12.1 Å². The number of halogens is 1. The maximum Gasteiger partial charge on any atom is 0.183 e. The van der Waals surface area contributed by atoms with Crippen molar-refractivity contribution in [1.29, 1.82) is 0 Å². The van der Waals surface area contributed by atoms with E-state index in [1.807, 2.05) is 11.5 Å². The highest BCUT2D eigenvalue weighted by Gasteiger charge is 2.16. The molecule has 0 fully saturated rings. The highest BCUT2D eigenvalue weighted by atomic mass is 32.2. The molecule has 0 spiro atoms. The molecule has 0 bridgehead atoms. The van der Waals surface area contributed by atoms with Crippen LogP contribution in [0.4, 0.5) is 4.39 Å². The van der Waals surface area contributed by atoms with Crippen molar-refractivity contribution in [2.24, 2.45) is 0 Å². The van der Waals surface area contributed by atoms with Gasteiger partial charge in [0.05, 0.1) is 23.2 Å². The number of nitrogens with zero attached hydrogens (tertiary/aromatic N) is 4. The summed E-state index contributed by atoms with van der Waals surface area (Å²) in [5.41, 5.74) is 2.64. The first-order valence-electron chi connectivity index (χ1n) is 9.40. The van der Waals surface area contributed by atoms with E-state index < -0.39 is 15.7 Å². The molecular formula is C21H19FN4O3S. The molecule has 0 unspecified atom stereocenters. The summed E-state index contributed by atoms with van der Waals surface area (Å²) >= 11 is 0. The number of aryl methyl sites for hydroxylation is 1. The maximum atomic E-state index is 14.5. The first-order valence-corrected chi connectivity index (χ1v) is 11.0. The van der Waals surface area contributed by atoms with Crippen LogP contribution < -0.4 is 4.74 Å². The van der Waals surface area contributed by atoms with Crippen LogP contribution in [0.3, 0.4) is 0 Å². The van der Waals surface area contributed by atoms with Crippen molar-refractivity contribution in [3.05, 3.63) is 60.8 Å². The summed E-state index contributed by atoms with van der Waals surface area (Å²) in [6, 6.07) is 10.5. The molecule has 7 nitrogen and oxygen atoms in total. The summed E-state index contributed by atoms with van der Waals surface area (Å²) in [7, 11) is -3.40. The van der Waals surface area contributed by atoms with E-state index in [2.05, 4.69) is 15.2 Å². The summed E-state index contributed by atoms with van der Waals surface area (Å²) in [4.78, 5) is 4.54. The van der Waals surface area contributed by atoms with Gasteiger partial charge in [-0.1, -0.05) is 19.1 Å². The zero-order chi connectivity index (χ0) is 21.3. The van der Waals surface area contributed by atoms with Gasteiger partial charge in [-0.25, -0.2) is 17.8 Å². The minimum Gasteiger partial charge on any atom is -0.454 e. The fourth-order valence-electron chi connectivity index (χ4n) is 3.09. The predicted molar refractivity (Wildman–Crippen MR) is 111 cm³/mol. The van der Waals surface area contributed by atoms with Crippen LogP contribution in [-0.2, 0) is 16.4 Å². The van der Waals surface area contributed by atoms with E-state index in [0.717, 1.165) is 0 Å². The standard InChI is InChI=1S/C21H19FN4O3S/c1-3-26-13-23-20-17(12-24-25-21(20)26)14-8-9-18(22)19(10-14)29-15-6-5-7-16(11-15)30(27,28)4-2/h5-13H,3-4H2,1-2H3. The highest BCUT2D eigenvalue weighted by Crippen LogP contribution is 2.33. The molecule has 0 N–H and O–H groups in total. The van der Waals surface area contributed by atoms with Crippen LogP contribution in [0.25, 0.3) is 22.3 Å². The molecule has 30 heavy (non-hydrogen) atoms. The van der Waals surface area contributed by atoms with Crippen molar-refractivity contribution in [1.82, 2.24) is 19.7 Å². The number of aromatic nitrogens is 4. The van der Waals surface area contributed by atoms with Crippen molar-refractivity contribution in [3.63, 3.8) is 0 Å². The van der Waals surface area contributed by atoms with Gasteiger partial charge in [-0.3, -0.25) is 0 Å². The summed E-state index contributed by atoms with van der Waals surface area (Å²) in [5, 5.41) is 8.18. The second-order valence-corrected chi connectivity index (χ2v) is 8.86. The predicted octanol–water partition coefficient (Wildman–Crippen LogP) is 4.24. The minimum atomic E-state index is -3.40. The summed E-state index contributed by atoms with van der Waals surface area (Å²) in [6.45, 7) is 4.24. The third-order valence-corrected chi connectivity index (χ3v) is 6.49. The first kappa shape index (κ1) is 20.0. The van der Waals surface area contributed by atoms with Crippen LogP contribution >= 0.6 is 0 Å². The largest absolute Gasteiger partial charge is 0.454 e. The van der Waals surface area contributed by atoms with Crippen molar-refractivity contribution in [3.8, 4) is 22.6 Å². The molecule has 154 valence electrons. The minimum absolute atomic E-state index is 0.0292. The molecule has 9 heteroatoms. The van der Waals surface area contributed by atoms with Gasteiger partial charge in [0.2, 0.25) is 0 Å². The Morgan fingerprint density at radius 1 is 1.13 bits per heavy atom. The van der Waals surface area contributed by atoms with Crippen LogP contribution in [0.2, 0.25) is 0 Å². The molecule has 2 aromatic carbocycles. The van der Waals surface area contributed by atoms with E-state index in [-0.39, 0.29) is 22.1 Å². The molecule has 4 rings (SSSR count). The molecule has 0 radical (unpaired) electrons. The van der Waals surface area contributed by atoms with Crippen LogP contribution in [0.1, 0.15) is 13.8 Å². The topological polar surface area (TPSA) is 87.0 Å². The summed E-state index contributed by atoms with van der Waals surface area (Å²) in [5.74, 6) is -0.400. The highest BCUT2D eigenvalue weighted by molar-refractivity contribution is 7.91. The molecule has 2 aromatic heterocycles. The van der Waals surface area contributed by atoms with Crippen molar-refractivity contribution in [2.75, 3.05) is 5.75 Å². The first-order chi connectivity index (χ1) is 14.4. The Morgan fingerprint density at radius 2 is 1.97 bits per heavy atom. The normalized spacial score (nSPS) is 11.7. The molecule has 0 saturated carbocycles. The van der Waals surface area contributed by atoms with Gasteiger partial charge in [-0.15, -0.1) is 5.10 Å². The fraction of sp³-hybridized carbons (Fsp3) is 0.190. The lowest BCUT2D eigenvalue weighted by molar-refractivity contribution is 0.441. The van der Waals surface area contributed by atoms with Crippen LogP contribution in [-0.4, -0.2) is 33.9 Å². The molecule has 0 amide bonds. The summed E-state index contributed by atoms with van der Waals surface area (Å²) < 4.78 is 46.2. The van der Waals surface area contributed by atoms with Gasteiger partial charge in [0.15, 0.2) is 27.1 Å². The average molecular weight is 426 g/mol. The monoisotopic (exact) mass is 426 g/mol. The van der Waals surface area contributed by atoms with Gasteiger partial charge < -0.3 is 9.30 Å². The van der Waals surface area contributed by atoms with Crippen molar-refractivity contribution in [2.45, 2.75) is 25.3 Å². The van der Waals surface area contributed by atoms with Crippen LogP contribution in [0, 0.1) is 5.82 Å². The van der Waals surface area contributed by atoms with Gasteiger partial charge in [-0.2, -0.15) is 5.10 Å². The molecule has 0 aliphatic heterocycles. The Balaban J connectivity index is 1.74. The number of rotatable bonds is 6. The van der Waals surface area contributed by atoms with Crippen LogP contribution in [0.5, 0.6) is 11.5 Å². The van der Waals surface area contributed by atoms with Crippen LogP contribution in [0.15, 0.2) is 59.9 Å². The smallest absolute Gasteiger partial charge is 0.183 e. The number of imidazole rings is 1. The third-order valence-electron chi connectivity index (χ3n) is 4.76. The van der Waals surface area contributed by atoms with Gasteiger partial charge in [0.25, 0.3) is 0 Å². The second-order valence-electron chi connectivity index (χ2n) is 6.59. The molecule has 4 aromatic rings. The van der Waals surface area contributed by atoms with Crippen molar-refractivity contribution < 1.29 is 17.5 Å². The molecule has 0 aliphatic rings. The maximum absolute atomic E-state index is 14.5. The van der Waals surface area contributed by atoms with E-state index in [1.165, 1.54) is 24.3 Å². The zero-order valence-electron chi connectivity index (χ0n) is 16.4. The van der Waals surface area contributed by atoms with Gasteiger partial charge >= 0.3 is 0 Å². The Bertz CT molecular complexity index is 1340. The lowest BCUT2D eigenvalue weighted by Gasteiger charge is -2.10. The second kappa shape index (κ2) is 7.83. The van der Waals surface area contributed by atoms with Gasteiger partial charge in [-0.05, 0) is 42.8 Å². The number of ether oxygens (including phenoxy) is 1. The van der Waals surface area contributed by atoms with E-state index in [4.69, 9.17) is 4.74 Å². The molecule has 2 heterocycles. The summed E-state index contributed by atoms with van der Waals surface area (Å²) in [6.07, 6.45) is 3.25. The van der Waals surface area contributed by atoms with E-state index in [1.54, 1.807) is 37.6 Å². The molecule has 0 saturated heterocycles. The lowest BCUT2D eigenvalue weighted by atomic mass is 10.1. The Hall–Kier alpha value is -3.33.